The van der Waals surface area contributed by atoms with Crippen molar-refractivity contribution in [1.82, 2.24) is 9.47 Å². The molecule has 1 atom stereocenters. The number of halogens is 1. The molecular formula is C14H19ClN2O3. The Balaban J connectivity index is 2.16. The van der Waals surface area contributed by atoms with Crippen LogP contribution in [0.4, 0.5) is 0 Å². The van der Waals surface area contributed by atoms with E-state index >= 15 is 0 Å². The van der Waals surface area contributed by atoms with Crippen molar-refractivity contribution in [2.24, 2.45) is 5.92 Å². The van der Waals surface area contributed by atoms with Gasteiger partial charge in [-0.15, -0.1) is 0 Å². The van der Waals surface area contributed by atoms with E-state index in [1.165, 1.54) is 0 Å². The molecule has 0 aliphatic carbocycles. The van der Waals surface area contributed by atoms with E-state index in [0.29, 0.717) is 23.7 Å². The number of likely N-dealkylation sites (tertiary alicyclic amines) is 1. The smallest absolute Gasteiger partial charge is 0.308 e. The maximum Gasteiger partial charge on any atom is 0.308 e. The number of carbonyl (C=O) groups excluding carboxylic acids is 1. The van der Waals surface area contributed by atoms with Crippen molar-refractivity contribution >= 4 is 23.5 Å². The highest BCUT2D eigenvalue weighted by Crippen LogP contribution is 2.21. The SMILES string of the molecule is CCCn1cc(Cl)cc1C(=O)N1CCCC(C(=O)O)C1. The summed E-state index contributed by atoms with van der Waals surface area (Å²) in [5.41, 5.74) is 0.544. The number of carbonyl (C=O) groups is 2. The monoisotopic (exact) mass is 298 g/mol. The van der Waals surface area contributed by atoms with Crippen LogP contribution in [0.3, 0.4) is 0 Å². The van der Waals surface area contributed by atoms with Gasteiger partial charge in [-0.1, -0.05) is 18.5 Å². The fourth-order valence-corrected chi connectivity index (χ4v) is 2.83. The van der Waals surface area contributed by atoms with Crippen LogP contribution in [-0.4, -0.2) is 39.5 Å². The fourth-order valence-electron chi connectivity index (χ4n) is 2.60. The first-order valence-corrected chi connectivity index (χ1v) is 7.28. The Morgan fingerprint density at radius 3 is 2.90 bits per heavy atom. The van der Waals surface area contributed by atoms with Crippen LogP contribution in [0, 0.1) is 5.92 Å². The number of rotatable bonds is 4. The quantitative estimate of drug-likeness (QED) is 0.929. The zero-order valence-electron chi connectivity index (χ0n) is 11.5. The van der Waals surface area contributed by atoms with Crippen LogP contribution in [0.15, 0.2) is 12.3 Å². The number of amides is 1. The summed E-state index contributed by atoms with van der Waals surface area (Å²) in [6, 6.07) is 1.66. The van der Waals surface area contributed by atoms with Crippen molar-refractivity contribution in [3.8, 4) is 0 Å². The predicted molar refractivity (Wildman–Crippen MR) is 76.0 cm³/mol. The molecule has 2 rings (SSSR count). The lowest BCUT2D eigenvalue weighted by Gasteiger charge is -2.30. The van der Waals surface area contributed by atoms with E-state index < -0.39 is 11.9 Å². The van der Waals surface area contributed by atoms with Gasteiger partial charge in [0.25, 0.3) is 5.91 Å². The molecule has 1 saturated heterocycles. The van der Waals surface area contributed by atoms with Crippen LogP contribution >= 0.6 is 11.6 Å². The van der Waals surface area contributed by atoms with Gasteiger partial charge in [0.15, 0.2) is 0 Å². The second-order valence-electron chi connectivity index (χ2n) is 5.17. The number of hydrogen-bond acceptors (Lipinski definition) is 2. The summed E-state index contributed by atoms with van der Waals surface area (Å²) in [7, 11) is 0. The second kappa shape index (κ2) is 6.31. The van der Waals surface area contributed by atoms with Gasteiger partial charge in [0.2, 0.25) is 0 Å². The zero-order valence-corrected chi connectivity index (χ0v) is 12.3. The summed E-state index contributed by atoms with van der Waals surface area (Å²) in [6.07, 6.45) is 4.01. The van der Waals surface area contributed by atoms with Gasteiger partial charge in [0.05, 0.1) is 10.9 Å². The summed E-state index contributed by atoms with van der Waals surface area (Å²) in [4.78, 5) is 25.2. The van der Waals surface area contributed by atoms with E-state index in [4.69, 9.17) is 16.7 Å². The van der Waals surface area contributed by atoms with E-state index in [1.807, 2.05) is 11.5 Å². The number of aryl methyl sites for hydroxylation is 1. The third-order valence-corrected chi connectivity index (χ3v) is 3.81. The largest absolute Gasteiger partial charge is 0.481 e. The Morgan fingerprint density at radius 2 is 2.25 bits per heavy atom. The van der Waals surface area contributed by atoms with Crippen LogP contribution in [-0.2, 0) is 11.3 Å². The summed E-state index contributed by atoms with van der Waals surface area (Å²) in [6.45, 7) is 3.65. The van der Waals surface area contributed by atoms with Crippen molar-refractivity contribution in [2.75, 3.05) is 13.1 Å². The number of carboxylic acid groups (broad SMARTS) is 1. The lowest BCUT2D eigenvalue weighted by atomic mass is 9.98. The molecule has 6 heteroatoms. The number of carboxylic acids is 1. The molecule has 1 N–H and O–H groups in total. The van der Waals surface area contributed by atoms with E-state index in [0.717, 1.165) is 19.4 Å². The molecule has 110 valence electrons. The fraction of sp³-hybridized carbons (Fsp3) is 0.571. The molecule has 1 aliphatic rings. The maximum atomic E-state index is 12.5. The Kier molecular flexibility index (Phi) is 4.70. The Bertz CT molecular complexity index is 513. The zero-order chi connectivity index (χ0) is 14.7. The average Bonchev–Trinajstić information content (AvgIpc) is 2.79. The Morgan fingerprint density at radius 1 is 1.50 bits per heavy atom. The molecule has 1 unspecified atom stereocenters. The number of nitrogens with zero attached hydrogens (tertiary/aromatic N) is 2. The number of aliphatic carboxylic acids is 1. The lowest BCUT2D eigenvalue weighted by Crippen LogP contribution is -2.42. The van der Waals surface area contributed by atoms with Crippen molar-refractivity contribution in [1.29, 1.82) is 0 Å². The molecule has 0 bridgehead atoms. The van der Waals surface area contributed by atoms with Gasteiger partial charge >= 0.3 is 5.97 Å². The first kappa shape index (κ1) is 14.9. The van der Waals surface area contributed by atoms with Crippen LogP contribution in [0.2, 0.25) is 5.02 Å². The molecule has 1 amide bonds. The summed E-state index contributed by atoms with van der Waals surface area (Å²) in [5, 5.41) is 9.62. The van der Waals surface area contributed by atoms with Crippen molar-refractivity contribution in [3.63, 3.8) is 0 Å². The predicted octanol–water partition coefficient (Wildman–Crippen LogP) is 2.49. The molecule has 0 radical (unpaired) electrons. The number of aromatic nitrogens is 1. The van der Waals surface area contributed by atoms with E-state index in [-0.39, 0.29) is 12.5 Å². The molecule has 20 heavy (non-hydrogen) atoms. The Labute approximate surface area is 123 Å². The minimum atomic E-state index is -0.829. The highest BCUT2D eigenvalue weighted by Gasteiger charge is 2.29. The maximum absolute atomic E-state index is 12.5. The molecule has 0 aromatic carbocycles. The van der Waals surface area contributed by atoms with Crippen molar-refractivity contribution in [3.05, 3.63) is 23.0 Å². The van der Waals surface area contributed by atoms with Gasteiger partial charge in [-0.05, 0) is 25.3 Å². The highest BCUT2D eigenvalue weighted by atomic mass is 35.5. The lowest BCUT2D eigenvalue weighted by molar-refractivity contribution is -0.143. The molecule has 1 aromatic heterocycles. The van der Waals surface area contributed by atoms with Crippen molar-refractivity contribution in [2.45, 2.75) is 32.7 Å². The third-order valence-electron chi connectivity index (χ3n) is 3.60. The van der Waals surface area contributed by atoms with Crippen LogP contribution in [0.25, 0.3) is 0 Å². The molecule has 0 saturated carbocycles. The standard InChI is InChI=1S/C14H19ClN2O3/c1-2-5-16-9-11(15)7-12(16)13(18)17-6-3-4-10(8-17)14(19)20/h7,9-10H,2-6,8H2,1H3,(H,19,20). The van der Waals surface area contributed by atoms with Crippen molar-refractivity contribution < 1.29 is 14.7 Å². The van der Waals surface area contributed by atoms with Gasteiger partial charge in [0, 0.05) is 25.8 Å². The number of hydrogen-bond donors (Lipinski definition) is 1. The van der Waals surface area contributed by atoms with Gasteiger partial charge in [-0.2, -0.15) is 0 Å². The minimum absolute atomic E-state index is 0.128. The van der Waals surface area contributed by atoms with Gasteiger partial charge < -0.3 is 14.6 Å². The van der Waals surface area contributed by atoms with Crippen LogP contribution < -0.4 is 0 Å². The first-order valence-electron chi connectivity index (χ1n) is 6.90. The van der Waals surface area contributed by atoms with Gasteiger partial charge in [-0.25, -0.2) is 0 Å². The normalized spacial score (nSPS) is 19.1. The van der Waals surface area contributed by atoms with E-state index in [2.05, 4.69) is 0 Å². The molecule has 0 spiro atoms. The minimum Gasteiger partial charge on any atom is -0.481 e. The molecule has 1 fully saturated rings. The van der Waals surface area contributed by atoms with Crippen LogP contribution in [0.1, 0.15) is 36.7 Å². The average molecular weight is 299 g/mol. The van der Waals surface area contributed by atoms with Crippen LogP contribution in [0.5, 0.6) is 0 Å². The highest BCUT2D eigenvalue weighted by molar-refractivity contribution is 6.31. The summed E-state index contributed by atoms with van der Waals surface area (Å²) < 4.78 is 1.84. The molecule has 1 aromatic rings. The summed E-state index contributed by atoms with van der Waals surface area (Å²) in [5.74, 6) is -1.42. The molecule has 2 heterocycles. The first-order chi connectivity index (χ1) is 9.52. The van der Waals surface area contributed by atoms with E-state index in [1.54, 1.807) is 17.2 Å². The molecule has 5 nitrogen and oxygen atoms in total. The van der Waals surface area contributed by atoms with Gasteiger partial charge in [-0.3, -0.25) is 9.59 Å². The number of piperidine rings is 1. The second-order valence-corrected chi connectivity index (χ2v) is 5.60. The summed E-state index contributed by atoms with van der Waals surface area (Å²) >= 11 is 5.98. The third kappa shape index (κ3) is 3.15. The molecule has 1 aliphatic heterocycles. The Hall–Kier alpha value is -1.49. The topological polar surface area (TPSA) is 62.5 Å². The van der Waals surface area contributed by atoms with Gasteiger partial charge in [0.1, 0.15) is 5.69 Å². The van der Waals surface area contributed by atoms with E-state index in [9.17, 15) is 9.59 Å². The molecular weight excluding hydrogens is 280 g/mol.